The Kier molecular flexibility index (Phi) is 7.28. The quantitative estimate of drug-likeness (QED) is 0.718. The van der Waals surface area contributed by atoms with Crippen molar-refractivity contribution in [3.8, 4) is 11.5 Å². The summed E-state index contributed by atoms with van der Waals surface area (Å²) in [7, 11) is 5.77. The van der Waals surface area contributed by atoms with Gasteiger partial charge in [-0.15, -0.1) is 11.3 Å². The van der Waals surface area contributed by atoms with E-state index >= 15 is 0 Å². The average Bonchev–Trinajstić information content (AvgIpc) is 3.13. The van der Waals surface area contributed by atoms with Gasteiger partial charge in [-0.2, -0.15) is 0 Å². The number of hydrogen-bond acceptors (Lipinski definition) is 4. The normalized spacial score (nSPS) is 12.0. The fraction of sp³-hybridized carbons (Fsp3) is 0.421. The summed E-state index contributed by atoms with van der Waals surface area (Å²) >= 11 is 1.71. The molecule has 0 aliphatic heterocycles. The maximum atomic E-state index is 12.5. The zero-order valence-electron chi connectivity index (χ0n) is 15.3. The highest BCUT2D eigenvalue weighted by Crippen LogP contribution is 2.28. The second-order valence-corrected chi connectivity index (χ2v) is 7.05. The van der Waals surface area contributed by atoms with Gasteiger partial charge >= 0.3 is 0 Å². The van der Waals surface area contributed by atoms with Crippen molar-refractivity contribution in [2.24, 2.45) is 0 Å². The monoisotopic (exact) mass is 363 g/mol. The summed E-state index contributed by atoms with van der Waals surface area (Å²) in [6.07, 6.45) is 0.919. The minimum absolute atomic E-state index is 0.108. The van der Waals surface area contributed by atoms with Crippen LogP contribution < -0.4 is 19.7 Å². The molecule has 6 heteroatoms. The van der Waals surface area contributed by atoms with Crippen molar-refractivity contribution >= 4 is 17.2 Å². The Hall–Kier alpha value is -2.05. The van der Waals surface area contributed by atoms with Crippen molar-refractivity contribution in [1.29, 1.82) is 0 Å². The van der Waals surface area contributed by atoms with Crippen LogP contribution in [0, 0.1) is 0 Å². The summed E-state index contributed by atoms with van der Waals surface area (Å²) < 4.78 is 11.0. The van der Waals surface area contributed by atoms with Gasteiger partial charge in [0.15, 0.2) is 11.5 Å². The number of thiophene rings is 1. The van der Waals surface area contributed by atoms with Crippen LogP contribution in [0.5, 0.6) is 11.5 Å². The second kappa shape index (κ2) is 9.44. The van der Waals surface area contributed by atoms with E-state index in [1.807, 2.05) is 13.0 Å². The van der Waals surface area contributed by atoms with Crippen LogP contribution in [0.2, 0.25) is 0 Å². The number of methoxy groups -OCH3 is 1. The van der Waals surface area contributed by atoms with Gasteiger partial charge in [-0.25, -0.2) is 0 Å². The number of amides is 1. The van der Waals surface area contributed by atoms with Gasteiger partial charge in [0.1, 0.15) is 6.04 Å². The zero-order valence-corrected chi connectivity index (χ0v) is 16.1. The first-order valence-electron chi connectivity index (χ1n) is 8.49. The molecular weight excluding hydrogens is 336 g/mol. The molecule has 0 radical (unpaired) electrons. The first-order valence-corrected chi connectivity index (χ1v) is 9.37. The van der Waals surface area contributed by atoms with Gasteiger partial charge in [0.05, 0.1) is 39.2 Å². The molecule has 0 fully saturated rings. The van der Waals surface area contributed by atoms with Crippen LogP contribution in [-0.2, 0) is 0 Å². The van der Waals surface area contributed by atoms with Crippen molar-refractivity contribution in [2.75, 3.05) is 34.4 Å². The number of quaternary nitrogens is 1. The minimum Gasteiger partial charge on any atom is -0.493 e. The Bertz CT molecular complexity index is 671. The molecule has 0 unspecified atom stereocenters. The number of carbonyl (C=O) groups is 1. The standard InChI is InChI=1S/C19H26N2O3S/c1-5-10-24-16-9-8-14(12-17(16)23-4)19(22)20-13-15(21(2)3)18-7-6-11-25-18/h6-9,11-12,15H,5,10,13H2,1-4H3,(H,20,22)/p+1/t15-/m0/s1. The van der Waals surface area contributed by atoms with E-state index in [1.165, 1.54) is 9.78 Å². The van der Waals surface area contributed by atoms with E-state index < -0.39 is 0 Å². The van der Waals surface area contributed by atoms with Crippen LogP contribution in [-0.4, -0.2) is 40.3 Å². The Morgan fingerprint density at radius 1 is 1.28 bits per heavy atom. The van der Waals surface area contributed by atoms with Gasteiger partial charge < -0.3 is 19.7 Å². The van der Waals surface area contributed by atoms with E-state index in [0.717, 1.165) is 6.42 Å². The van der Waals surface area contributed by atoms with Crippen molar-refractivity contribution in [1.82, 2.24) is 5.32 Å². The van der Waals surface area contributed by atoms with E-state index in [1.54, 1.807) is 36.6 Å². The molecule has 1 aromatic heterocycles. The third kappa shape index (κ3) is 5.21. The summed E-state index contributed by atoms with van der Waals surface area (Å²) in [5, 5.41) is 5.10. The molecule has 25 heavy (non-hydrogen) atoms. The predicted molar refractivity (Wildman–Crippen MR) is 101 cm³/mol. The van der Waals surface area contributed by atoms with E-state index in [4.69, 9.17) is 9.47 Å². The molecule has 0 aliphatic carbocycles. The van der Waals surface area contributed by atoms with Crippen LogP contribution >= 0.6 is 11.3 Å². The van der Waals surface area contributed by atoms with Crippen molar-refractivity contribution < 1.29 is 19.2 Å². The predicted octanol–water partition coefficient (Wildman–Crippen LogP) is 2.16. The van der Waals surface area contributed by atoms with Gasteiger partial charge in [-0.3, -0.25) is 4.79 Å². The summed E-state index contributed by atoms with van der Waals surface area (Å²) in [4.78, 5) is 15.1. The molecular formula is C19H27N2O3S+. The van der Waals surface area contributed by atoms with Crippen LogP contribution in [0.1, 0.15) is 34.6 Å². The number of nitrogens with one attached hydrogen (secondary N) is 2. The van der Waals surface area contributed by atoms with E-state index in [0.29, 0.717) is 30.2 Å². The van der Waals surface area contributed by atoms with E-state index in [9.17, 15) is 4.79 Å². The highest BCUT2D eigenvalue weighted by Gasteiger charge is 2.20. The molecule has 0 bridgehead atoms. The smallest absolute Gasteiger partial charge is 0.251 e. The van der Waals surface area contributed by atoms with Crippen LogP contribution in [0.25, 0.3) is 0 Å². The molecule has 1 heterocycles. The van der Waals surface area contributed by atoms with Gasteiger partial charge in [-0.1, -0.05) is 13.0 Å². The topological polar surface area (TPSA) is 52.0 Å². The molecule has 0 saturated carbocycles. The number of benzene rings is 1. The Labute approximate surface area is 153 Å². The van der Waals surface area contributed by atoms with Crippen LogP contribution in [0.15, 0.2) is 35.7 Å². The molecule has 136 valence electrons. The van der Waals surface area contributed by atoms with Gasteiger partial charge in [0.2, 0.25) is 0 Å². The molecule has 0 saturated heterocycles. The van der Waals surface area contributed by atoms with Crippen molar-refractivity contribution in [2.45, 2.75) is 19.4 Å². The minimum atomic E-state index is -0.108. The van der Waals surface area contributed by atoms with Crippen molar-refractivity contribution in [3.63, 3.8) is 0 Å². The molecule has 1 aromatic carbocycles. The summed E-state index contributed by atoms with van der Waals surface area (Å²) in [6.45, 7) is 3.25. The number of carbonyl (C=O) groups excluding carboxylic acids is 1. The van der Waals surface area contributed by atoms with Gasteiger partial charge in [-0.05, 0) is 36.1 Å². The summed E-state index contributed by atoms with van der Waals surface area (Å²) in [6, 6.07) is 9.67. The molecule has 1 amide bonds. The third-order valence-electron chi connectivity index (χ3n) is 3.94. The molecule has 2 aromatic rings. The first kappa shape index (κ1) is 19.3. The fourth-order valence-corrected chi connectivity index (χ4v) is 3.47. The summed E-state index contributed by atoms with van der Waals surface area (Å²) in [5.41, 5.74) is 0.569. The molecule has 0 spiro atoms. The van der Waals surface area contributed by atoms with E-state index in [2.05, 4.69) is 30.9 Å². The lowest BCUT2D eigenvalue weighted by Crippen LogP contribution is -3.06. The van der Waals surface area contributed by atoms with Crippen LogP contribution in [0.4, 0.5) is 0 Å². The Morgan fingerprint density at radius 3 is 2.68 bits per heavy atom. The highest BCUT2D eigenvalue weighted by molar-refractivity contribution is 7.10. The number of likely N-dealkylation sites (N-methyl/N-ethyl adjacent to an activating group) is 1. The zero-order chi connectivity index (χ0) is 18.2. The number of hydrogen-bond donors (Lipinski definition) is 2. The second-order valence-electron chi connectivity index (χ2n) is 6.07. The van der Waals surface area contributed by atoms with Crippen LogP contribution in [0.3, 0.4) is 0 Å². The van der Waals surface area contributed by atoms with Crippen molar-refractivity contribution in [3.05, 3.63) is 46.2 Å². The fourth-order valence-electron chi connectivity index (χ4n) is 2.52. The highest BCUT2D eigenvalue weighted by atomic mass is 32.1. The maximum absolute atomic E-state index is 12.5. The molecule has 1 atom stereocenters. The Balaban J connectivity index is 2.04. The summed E-state index contributed by atoms with van der Waals surface area (Å²) in [5.74, 6) is 1.13. The average molecular weight is 364 g/mol. The third-order valence-corrected chi connectivity index (χ3v) is 4.92. The van der Waals surface area contributed by atoms with E-state index in [-0.39, 0.29) is 11.9 Å². The number of rotatable bonds is 9. The number of ether oxygens (including phenoxy) is 2. The molecule has 2 N–H and O–H groups in total. The lowest BCUT2D eigenvalue weighted by atomic mass is 10.1. The van der Waals surface area contributed by atoms with Gasteiger partial charge in [0, 0.05) is 5.56 Å². The van der Waals surface area contributed by atoms with Gasteiger partial charge in [0.25, 0.3) is 5.91 Å². The SMILES string of the molecule is CCCOc1ccc(C(=O)NC[C@@H](c2cccs2)[NH+](C)C)cc1OC. The maximum Gasteiger partial charge on any atom is 0.251 e. The molecule has 2 rings (SSSR count). The lowest BCUT2D eigenvalue weighted by Gasteiger charge is -2.20. The lowest BCUT2D eigenvalue weighted by molar-refractivity contribution is -0.890. The Morgan fingerprint density at radius 2 is 2.08 bits per heavy atom. The first-order chi connectivity index (χ1) is 12.1. The molecule has 5 nitrogen and oxygen atoms in total. The molecule has 0 aliphatic rings. The largest absolute Gasteiger partial charge is 0.493 e.